The Balaban J connectivity index is 1.09. The molecule has 14 aromatic rings. The zero-order valence-corrected chi connectivity index (χ0v) is 41.9. The average Bonchev–Trinajstić information content (AvgIpc) is 4.03. The van der Waals surface area contributed by atoms with Gasteiger partial charge in [-0.05, 0) is 55.1 Å². The van der Waals surface area contributed by atoms with Gasteiger partial charge in [-0.3, -0.25) is 9.13 Å². The van der Waals surface area contributed by atoms with E-state index < -0.39 is 8.07 Å². The number of aromatic nitrogens is 5. The second-order valence-electron chi connectivity index (χ2n) is 19.1. The van der Waals surface area contributed by atoms with Crippen molar-refractivity contribution >= 4 is 72.4 Å². The Labute approximate surface area is 436 Å². The summed E-state index contributed by atoms with van der Waals surface area (Å²) < 4.78 is 4.53. The quantitative estimate of drug-likeness (QED) is 0.101. The highest BCUT2D eigenvalue weighted by Gasteiger charge is 2.42. The Morgan fingerprint density at radius 1 is 0.253 bits per heavy atom. The molecular weight excluding hydrogens is 927 g/mol. The molecule has 0 bridgehead atoms. The van der Waals surface area contributed by atoms with E-state index in [1.165, 1.54) is 31.9 Å². The van der Waals surface area contributed by atoms with Crippen LogP contribution in [0.2, 0.25) is 0 Å². The van der Waals surface area contributed by atoms with Crippen LogP contribution in [0.25, 0.3) is 100 Å². The summed E-state index contributed by atoms with van der Waals surface area (Å²) in [7, 11) is -3.08. The van der Waals surface area contributed by atoms with Crippen LogP contribution >= 0.6 is 0 Å². The fourth-order valence-electron chi connectivity index (χ4n) is 11.7. The molecule has 0 radical (unpaired) electrons. The molecular formula is C69H47N5Si. The van der Waals surface area contributed by atoms with E-state index >= 15 is 0 Å². The fourth-order valence-corrected chi connectivity index (χ4v) is 16.5. The maximum atomic E-state index is 5.68. The lowest BCUT2D eigenvalue weighted by atomic mass is 10.0. The summed E-state index contributed by atoms with van der Waals surface area (Å²) in [5, 5.41) is 9.57. The summed E-state index contributed by atoms with van der Waals surface area (Å²) in [5.74, 6) is 1.64. The molecule has 0 spiro atoms. The van der Waals surface area contributed by atoms with Crippen molar-refractivity contribution in [2.75, 3.05) is 0 Å². The molecule has 0 aliphatic carbocycles. The van der Waals surface area contributed by atoms with Crippen LogP contribution in [0.15, 0.2) is 285 Å². The molecule has 0 atom stereocenters. The second kappa shape index (κ2) is 18.4. The first-order valence-corrected chi connectivity index (χ1v) is 27.5. The first-order chi connectivity index (χ1) is 37.2. The Hall–Kier alpha value is -9.75. The first kappa shape index (κ1) is 44.0. The number of benzene rings is 11. The molecule has 3 aromatic heterocycles. The van der Waals surface area contributed by atoms with Crippen LogP contribution in [0.3, 0.4) is 0 Å². The van der Waals surface area contributed by atoms with Crippen molar-refractivity contribution in [3.8, 4) is 56.7 Å². The van der Waals surface area contributed by atoms with Gasteiger partial charge in [-0.1, -0.05) is 273 Å². The van der Waals surface area contributed by atoms with E-state index in [0.717, 1.165) is 71.4 Å². The Bertz CT molecular complexity index is 4180. The molecule has 11 aromatic carbocycles. The number of hydrogen-bond donors (Lipinski definition) is 0. The molecule has 5 nitrogen and oxygen atoms in total. The zero-order valence-electron chi connectivity index (χ0n) is 40.9. The van der Waals surface area contributed by atoms with E-state index in [0.29, 0.717) is 17.7 Å². The average molecular weight is 974 g/mol. The van der Waals surface area contributed by atoms with Gasteiger partial charge in [0.25, 0.3) is 0 Å². The van der Waals surface area contributed by atoms with Gasteiger partial charge in [0, 0.05) is 38.2 Å². The molecule has 352 valence electrons. The van der Waals surface area contributed by atoms with Crippen LogP contribution in [0.5, 0.6) is 0 Å². The molecule has 0 saturated heterocycles. The lowest BCUT2D eigenvalue weighted by Crippen LogP contribution is -2.74. The fraction of sp³-hybridized carbons (Fsp3) is 0. The maximum absolute atomic E-state index is 5.68. The molecule has 0 amide bonds. The minimum absolute atomic E-state index is 0.531. The van der Waals surface area contributed by atoms with Gasteiger partial charge in [0.1, 0.15) is 0 Å². The number of nitrogens with zero attached hydrogens (tertiary/aromatic N) is 5. The molecule has 3 heterocycles. The second-order valence-corrected chi connectivity index (χ2v) is 22.9. The van der Waals surface area contributed by atoms with Gasteiger partial charge in [0.05, 0.1) is 22.1 Å². The molecule has 0 fully saturated rings. The minimum Gasteiger partial charge on any atom is -0.277 e. The van der Waals surface area contributed by atoms with Crippen molar-refractivity contribution in [1.82, 2.24) is 24.1 Å². The molecule has 0 saturated carbocycles. The van der Waals surface area contributed by atoms with Crippen molar-refractivity contribution in [2.45, 2.75) is 0 Å². The van der Waals surface area contributed by atoms with Gasteiger partial charge in [-0.2, -0.15) is 15.0 Å². The van der Waals surface area contributed by atoms with Crippen molar-refractivity contribution in [2.24, 2.45) is 0 Å². The largest absolute Gasteiger partial charge is 0.277 e. The van der Waals surface area contributed by atoms with Crippen molar-refractivity contribution in [1.29, 1.82) is 0 Å². The van der Waals surface area contributed by atoms with E-state index in [2.05, 4.69) is 294 Å². The van der Waals surface area contributed by atoms with Gasteiger partial charge < -0.3 is 0 Å². The third kappa shape index (κ3) is 7.33. The summed E-state index contributed by atoms with van der Waals surface area (Å²) in [6, 6.07) is 103. The molecule has 0 N–H and O–H groups in total. The molecule has 0 aliphatic heterocycles. The third-order valence-corrected chi connectivity index (χ3v) is 19.7. The van der Waals surface area contributed by atoms with Crippen LogP contribution in [-0.2, 0) is 0 Å². The van der Waals surface area contributed by atoms with Gasteiger partial charge >= 0.3 is 0 Å². The summed E-state index contributed by atoms with van der Waals surface area (Å²) in [5.41, 5.74) is 11.8. The highest BCUT2D eigenvalue weighted by molar-refractivity contribution is 7.20. The predicted octanol–water partition coefficient (Wildman–Crippen LogP) is 14.1. The van der Waals surface area contributed by atoms with Crippen molar-refractivity contribution < 1.29 is 0 Å². The highest BCUT2D eigenvalue weighted by Crippen LogP contribution is 2.40. The molecule has 14 rings (SSSR count). The number of fused-ring (bicyclic) bond motifs is 6. The normalized spacial score (nSPS) is 11.7. The van der Waals surface area contributed by atoms with E-state index in [1.807, 2.05) is 0 Å². The number of rotatable bonds is 10. The molecule has 0 aliphatic rings. The predicted molar refractivity (Wildman–Crippen MR) is 314 cm³/mol. The van der Waals surface area contributed by atoms with E-state index in [-0.39, 0.29) is 0 Å². The zero-order chi connectivity index (χ0) is 49.7. The monoisotopic (exact) mass is 973 g/mol. The Morgan fingerprint density at radius 2 is 0.600 bits per heavy atom. The Morgan fingerprint density at radius 3 is 1.08 bits per heavy atom. The van der Waals surface area contributed by atoms with Gasteiger partial charge in [0.15, 0.2) is 13.9 Å². The van der Waals surface area contributed by atoms with Gasteiger partial charge in [0.2, 0.25) is 11.9 Å². The minimum atomic E-state index is -3.08. The topological polar surface area (TPSA) is 48.5 Å². The van der Waals surface area contributed by atoms with Crippen LogP contribution in [0, 0.1) is 0 Å². The third-order valence-electron chi connectivity index (χ3n) is 14.9. The molecule has 0 unspecified atom stereocenters. The first-order valence-electron chi connectivity index (χ1n) is 25.5. The highest BCUT2D eigenvalue weighted by atomic mass is 28.3. The van der Waals surface area contributed by atoms with Gasteiger partial charge in [-0.15, -0.1) is 0 Å². The molecule has 75 heavy (non-hydrogen) atoms. The van der Waals surface area contributed by atoms with Crippen LogP contribution in [0.4, 0.5) is 0 Å². The van der Waals surface area contributed by atoms with Gasteiger partial charge in [-0.25, -0.2) is 0 Å². The summed E-state index contributed by atoms with van der Waals surface area (Å²) >= 11 is 0. The van der Waals surface area contributed by atoms with Crippen LogP contribution < -0.4 is 20.7 Å². The van der Waals surface area contributed by atoms with Crippen molar-refractivity contribution in [3.63, 3.8) is 0 Å². The Kier molecular flexibility index (Phi) is 10.8. The van der Waals surface area contributed by atoms with E-state index in [1.54, 1.807) is 0 Å². The maximum Gasteiger partial charge on any atom is 0.240 e. The smallest absolute Gasteiger partial charge is 0.240 e. The summed E-state index contributed by atoms with van der Waals surface area (Å²) in [6.07, 6.45) is 0. The van der Waals surface area contributed by atoms with Crippen molar-refractivity contribution in [3.05, 3.63) is 285 Å². The van der Waals surface area contributed by atoms with Crippen LogP contribution in [-0.4, -0.2) is 32.2 Å². The lowest BCUT2D eigenvalue weighted by molar-refractivity contribution is 0.893. The van der Waals surface area contributed by atoms with E-state index in [9.17, 15) is 0 Å². The van der Waals surface area contributed by atoms with Crippen LogP contribution in [0.1, 0.15) is 0 Å². The summed E-state index contributed by atoms with van der Waals surface area (Å²) in [6.45, 7) is 0. The number of hydrogen-bond acceptors (Lipinski definition) is 3. The summed E-state index contributed by atoms with van der Waals surface area (Å²) in [4.78, 5) is 17.0. The van der Waals surface area contributed by atoms with E-state index in [4.69, 9.17) is 15.0 Å². The lowest BCUT2D eigenvalue weighted by Gasteiger charge is -2.35. The standard InChI is InChI=1S/C69H47N5Si/c1-6-24-48(25-7-1)51-30-20-36-55(46-51)75(53-32-12-4-13-33-53,54-34-14-5-15-35-54)56-37-21-31-52(47-56)67-70-68(73-63-44-18-16-38-59(63)61-42-22-40-57(65(61)73)49-26-8-2-9-27-49)72-69(71-67)74-64-45-19-17-39-60(64)62-43-23-41-58(66(62)74)50-28-10-3-11-29-50/h1-47H. The SMILES string of the molecule is c1ccc(-c2cccc([Si](c3ccccc3)(c3ccccc3)c3cccc(-c4nc(-n5c6ccccc6c6cccc(-c7ccccc7)c65)nc(-n5c6ccccc6c6cccc(-c7ccccc7)c65)n4)c3)c2)cc1. The molecule has 6 heteroatoms. The number of para-hydroxylation sites is 4.